The van der Waals surface area contributed by atoms with E-state index >= 15 is 0 Å². The highest BCUT2D eigenvalue weighted by Crippen LogP contribution is 2.27. The van der Waals surface area contributed by atoms with Crippen LogP contribution in [0.25, 0.3) is 5.65 Å². The van der Waals surface area contributed by atoms with E-state index in [4.69, 9.17) is 0 Å². The molecule has 142 valence electrons. The molecule has 1 aliphatic heterocycles. The molecule has 0 unspecified atom stereocenters. The van der Waals surface area contributed by atoms with Crippen LogP contribution >= 0.6 is 0 Å². The Hall–Kier alpha value is -2.81. The van der Waals surface area contributed by atoms with Crippen LogP contribution < -0.4 is 10.5 Å². The van der Waals surface area contributed by atoms with Crippen LogP contribution in [0.15, 0.2) is 29.2 Å². The zero-order chi connectivity index (χ0) is 19.0. The zero-order valence-corrected chi connectivity index (χ0v) is 15.9. The minimum Gasteiger partial charge on any atom is -0.361 e. The highest BCUT2D eigenvalue weighted by Gasteiger charge is 2.25. The molecule has 1 aliphatic rings. The van der Waals surface area contributed by atoms with Crippen LogP contribution in [0.3, 0.4) is 0 Å². The van der Waals surface area contributed by atoms with Crippen molar-refractivity contribution in [2.45, 2.75) is 25.3 Å². The summed E-state index contributed by atoms with van der Waals surface area (Å²) in [6.45, 7) is 2.49. The monoisotopic (exact) mass is 368 g/mol. The maximum absolute atomic E-state index is 12.2. The second kappa shape index (κ2) is 7.07. The van der Waals surface area contributed by atoms with Crippen LogP contribution in [-0.4, -0.2) is 61.7 Å². The minimum absolute atomic E-state index is 0.0245. The maximum atomic E-state index is 12.2. The molecule has 9 heteroatoms. The molecule has 0 amide bonds. The first-order chi connectivity index (χ1) is 13.0. The van der Waals surface area contributed by atoms with Gasteiger partial charge in [-0.3, -0.25) is 9.69 Å². The molecule has 0 spiro atoms. The summed E-state index contributed by atoms with van der Waals surface area (Å²) >= 11 is 0. The van der Waals surface area contributed by atoms with Gasteiger partial charge in [-0.05, 0) is 44.1 Å². The van der Waals surface area contributed by atoms with E-state index < -0.39 is 0 Å². The number of aryl methyl sites for hydroxylation is 1. The molecule has 0 saturated carbocycles. The summed E-state index contributed by atoms with van der Waals surface area (Å²) in [5.74, 6) is 2.13. The summed E-state index contributed by atoms with van der Waals surface area (Å²) in [5, 5.41) is 17.3. The van der Waals surface area contributed by atoms with Crippen LogP contribution in [0.5, 0.6) is 0 Å². The molecule has 0 bridgehead atoms. The molecule has 3 aromatic heterocycles. The SMILES string of the molecule is CN(C)c1ccc2nnc(C3CCN(Cc4ccnn(C)c4=O)CC3)n2n1. The van der Waals surface area contributed by atoms with Crippen molar-refractivity contribution in [3.8, 4) is 0 Å². The molecular formula is C18H24N8O. The van der Waals surface area contributed by atoms with Gasteiger partial charge in [-0.1, -0.05) is 0 Å². The molecular weight excluding hydrogens is 344 g/mol. The summed E-state index contributed by atoms with van der Waals surface area (Å²) in [4.78, 5) is 16.5. The molecule has 0 aliphatic carbocycles. The molecule has 4 heterocycles. The number of hydrogen-bond acceptors (Lipinski definition) is 7. The van der Waals surface area contributed by atoms with Gasteiger partial charge < -0.3 is 4.90 Å². The Labute approximate surface area is 157 Å². The van der Waals surface area contributed by atoms with E-state index in [-0.39, 0.29) is 5.56 Å². The second-order valence-electron chi connectivity index (χ2n) is 7.25. The molecule has 4 rings (SSSR count). The number of aromatic nitrogens is 6. The predicted octanol–water partition coefficient (Wildman–Crippen LogP) is 0.664. The lowest BCUT2D eigenvalue weighted by atomic mass is 9.96. The standard InChI is InChI=1S/C18H24N8O/c1-23(2)16-5-4-15-20-21-17(26(15)22-16)13-7-10-25(11-8-13)12-14-6-9-19-24(3)18(14)27/h4-6,9,13H,7-8,10-12H2,1-3H3. The highest BCUT2D eigenvalue weighted by molar-refractivity contribution is 5.45. The third kappa shape index (κ3) is 3.42. The van der Waals surface area contributed by atoms with Gasteiger partial charge in [-0.2, -0.15) is 9.61 Å². The summed E-state index contributed by atoms with van der Waals surface area (Å²) in [5.41, 5.74) is 1.54. The smallest absolute Gasteiger partial charge is 0.270 e. The predicted molar refractivity (Wildman–Crippen MR) is 102 cm³/mol. The Morgan fingerprint density at radius 2 is 1.93 bits per heavy atom. The van der Waals surface area contributed by atoms with Gasteiger partial charge in [0.2, 0.25) is 0 Å². The van der Waals surface area contributed by atoms with Gasteiger partial charge in [0.05, 0.1) is 0 Å². The fourth-order valence-electron chi connectivity index (χ4n) is 3.55. The lowest BCUT2D eigenvalue weighted by molar-refractivity contribution is 0.199. The van der Waals surface area contributed by atoms with Crippen molar-refractivity contribution < 1.29 is 0 Å². The Balaban J connectivity index is 1.48. The Kier molecular flexibility index (Phi) is 4.61. The van der Waals surface area contributed by atoms with Crippen LogP contribution in [0.1, 0.15) is 30.1 Å². The fourth-order valence-corrected chi connectivity index (χ4v) is 3.55. The normalized spacial score (nSPS) is 16.1. The molecule has 27 heavy (non-hydrogen) atoms. The van der Waals surface area contributed by atoms with Crippen LogP contribution in [0, 0.1) is 0 Å². The van der Waals surface area contributed by atoms with Crippen molar-refractivity contribution in [1.29, 1.82) is 0 Å². The third-order valence-corrected chi connectivity index (χ3v) is 5.16. The van der Waals surface area contributed by atoms with Crippen LogP contribution in [0.2, 0.25) is 0 Å². The average molecular weight is 368 g/mol. The molecule has 0 radical (unpaired) electrons. The molecule has 1 fully saturated rings. The Bertz CT molecular complexity index is 1000. The molecule has 0 N–H and O–H groups in total. The average Bonchev–Trinajstić information content (AvgIpc) is 3.09. The van der Waals surface area contributed by atoms with Gasteiger partial charge in [-0.25, -0.2) is 4.68 Å². The number of fused-ring (bicyclic) bond motifs is 1. The summed E-state index contributed by atoms with van der Waals surface area (Å²) in [6, 6.07) is 5.71. The van der Waals surface area contributed by atoms with E-state index in [0.29, 0.717) is 12.5 Å². The number of nitrogens with zero attached hydrogens (tertiary/aromatic N) is 8. The first kappa shape index (κ1) is 17.6. The summed E-state index contributed by atoms with van der Waals surface area (Å²) < 4.78 is 3.26. The highest BCUT2D eigenvalue weighted by atomic mass is 16.1. The first-order valence-corrected chi connectivity index (χ1v) is 9.16. The lowest BCUT2D eigenvalue weighted by Gasteiger charge is -2.30. The molecule has 0 aromatic carbocycles. The number of anilines is 1. The van der Waals surface area contributed by atoms with E-state index in [1.54, 1.807) is 13.2 Å². The first-order valence-electron chi connectivity index (χ1n) is 9.16. The van der Waals surface area contributed by atoms with Crippen molar-refractivity contribution in [3.05, 3.63) is 46.1 Å². The topological polar surface area (TPSA) is 84.5 Å². The van der Waals surface area contributed by atoms with Crippen LogP contribution in [-0.2, 0) is 13.6 Å². The number of likely N-dealkylation sites (tertiary alicyclic amines) is 1. The van der Waals surface area contributed by atoms with E-state index in [2.05, 4.69) is 25.3 Å². The van der Waals surface area contributed by atoms with Crippen molar-refractivity contribution in [2.75, 3.05) is 32.1 Å². The number of rotatable bonds is 4. The van der Waals surface area contributed by atoms with E-state index in [9.17, 15) is 4.79 Å². The Morgan fingerprint density at radius 1 is 1.15 bits per heavy atom. The van der Waals surface area contributed by atoms with E-state index in [1.165, 1.54) is 4.68 Å². The number of piperidine rings is 1. The third-order valence-electron chi connectivity index (χ3n) is 5.16. The van der Waals surface area contributed by atoms with Crippen molar-refractivity contribution in [2.24, 2.45) is 7.05 Å². The van der Waals surface area contributed by atoms with E-state index in [1.807, 2.05) is 41.7 Å². The zero-order valence-electron chi connectivity index (χ0n) is 15.9. The molecule has 3 aromatic rings. The molecule has 0 atom stereocenters. The largest absolute Gasteiger partial charge is 0.361 e. The second-order valence-corrected chi connectivity index (χ2v) is 7.25. The van der Waals surface area contributed by atoms with Crippen molar-refractivity contribution in [1.82, 2.24) is 34.5 Å². The Morgan fingerprint density at radius 3 is 2.67 bits per heavy atom. The van der Waals surface area contributed by atoms with Gasteiger partial charge in [0, 0.05) is 45.4 Å². The van der Waals surface area contributed by atoms with E-state index in [0.717, 1.165) is 48.8 Å². The van der Waals surface area contributed by atoms with Gasteiger partial charge in [0.1, 0.15) is 5.82 Å². The molecule has 9 nitrogen and oxygen atoms in total. The summed E-state index contributed by atoms with van der Waals surface area (Å²) in [7, 11) is 5.63. The van der Waals surface area contributed by atoms with Gasteiger partial charge in [0.15, 0.2) is 11.5 Å². The fraction of sp³-hybridized carbons (Fsp3) is 0.500. The quantitative estimate of drug-likeness (QED) is 0.669. The van der Waals surface area contributed by atoms with Crippen molar-refractivity contribution in [3.63, 3.8) is 0 Å². The van der Waals surface area contributed by atoms with Crippen LogP contribution in [0.4, 0.5) is 5.82 Å². The molecule has 1 saturated heterocycles. The summed E-state index contributed by atoms with van der Waals surface area (Å²) in [6.07, 6.45) is 3.62. The number of hydrogen-bond donors (Lipinski definition) is 0. The van der Waals surface area contributed by atoms with Gasteiger partial charge >= 0.3 is 0 Å². The maximum Gasteiger partial charge on any atom is 0.270 e. The van der Waals surface area contributed by atoms with Gasteiger partial charge in [-0.15, -0.1) is 15.3 Å². The lowest BCUT2D eigenvalue weighted by Crippen LogP contribution is -2.35. The minimum atomic E-state index is -0.0245. The van der Waals surface area contributed by atoms with Gasteiger partial charge in [0.25, 0.3) is 5.56 Å². The van der Waals surface area contributed by atoms with Crippen molar-refractivity contribution >= 4 is 11.5 Å².